The first-order valence-electron chi connectivity index (χ1n) is 5.32. The van der Waals surface area contributed by atoms with Crippen LogP contribution in [0.25, 0.3) is 11.1 Å². The van der Waals surface area contributed by atoms with E-state index in [1.54, 1.807) is 25.3 Å². The van der Waals surface area contributed by atoms with Crippen molar-refractivity contribution in [1.82, 2.24) is 0 Å². The van der Waals surface area contributed by atoms with E-state index in [0.29, 0.717) is 11.2 Å². The van der Waals surface area contributed by atoms with Gasteiger partial charge in [0.15, 0.2) is 0 Å². The zero-order valence-electron chi connectivity index (χ0n) is 9.50. The highest BCUT2D eigenvalue weighted by Crippen LogP contribution is 2.28. The summed E-state index contributed by atoms with van der Waals surface area (Å²) >= 11 is 0. The molecular weight excluding hydrogens is 215 g/mol. The number of methoxy groups -OCH3 is 1. The molecule has 0 atom stereocenters. The second-order valence-corrected chi connectivity index (χ2v) is 3.70. The Morgan fingerprint density at radius 1 is 1.00 bits per heavy atom. The number of benzene rings is 2. The molecule has 0 saturated heterocycles. The summed E-state index contributed by atoms with van der Waals surface area (Å²) in [4.78, 5) is 0. The summed E-state index contributed by atoms with van der Waals surface area (Å²) in [6.45, 7) is 0. The fourth-order valence-corrected chi connectivity index (χ4v) is 1.73. The SMILES string of the molecule is COc1ccc(B(O)O)cc1-c1ccccc1. The van der Waals surface area contributed by atoms with Gasteiger partial charge in [-0.1, -0.05) is 42.5 Å². The molecule has 2 aromatic rings. The highest BCUT2D eigenvalue weighted by atomic mass is 16.5. The van der Waals surface area contributed by atoms with Crippen molar-refractivity contribution in [2.75, 3.05) is 7.11 Å². The summed E-state index contributed by atoms with van der Waals surface area (Å²) in [6, 6.07) is 14.8. The van der Waals surface area contributed by atoms with E-state index in [-0.39, 0.29) is 0 Å². The lowest BCUT2D eigenvalue weighted by Crippen LogP contribution is -2.29. The van der Waals surface area contributed by atoms with Crippen LogP contribution in [-0.4, -0.2) is 24.3 Å². The smallest absolute Gasteiger partial charge is 0.488 e. The Kier molecular flexibility index (Phi) is 3.47. The lowest BCUT2D eigenvalue weighted by Gasteiger charge is -2.10. The van der Waals surface area contributed by atoms with Crippen molar-refractivity contribution >= 4 is 12.6 Å². The van der Waals surface area contributed by atoms with Gasteiger partial charge in [-0.15, -0.1) is 0 Å². The predicted molar refractivity (Wildman–Crippen MR) is 68.3 cm³/mol. The molecule has 0 unspecified atom stereocenters. The number of hydrogen-bond acceptors (Lipinski definition) is 3. The minimum Gasteiger partial charge on any atom is -0.496 e. The Morgan fingerprint density at radius 2 is 1.71 bits per heavy atom. The van der Waals surface area contributed by atoms with Crippen molar-refractivity contribution in [1.29, 1.82) is 0 Å². The van der Waals surface area contributed by atoms with Gasteiger partial charge < -0.3 is 14.8 Å². The van der Waals surface area contributed by atoms with Gasteiger partial charge >= 0.3 is 7.12 Å². The first-order chi connectivity index (χ1) is 8.22. The molecule has 2 aromatic carbocycles. The maximum Gasteiger partial charge on any atom is 0.488 e. The normalized spacial score (nSPS) is 10.1. The summed E-state index contributed by atoms with van der Waals surface area (Å²) in [7, 11) is 0.125. The van der Waals surface area contributed by atoms with Gasteiger partial charge in [-0.25, -0.2) is 0 Å². The lowest BCUT2D eigenvalue weighted by atomic mass is 9.79. The van der Waals surface area contributed by atoms with Crippen LogP contribution in [-0.2, 0) is 0 Å². The molecule has 0 fully saturated rings. The Labute approximate surface area is 100 Å². The average Bonchev–Trinajstić information content (AvgIpc) is 2.39. The van der Waals surface area contributed by atoms with Gasteiger partial charge in [0.1, 0.15) is 5.75 Å². The molecule has 0 bridgehead atoms. The highest BCUT2D eigenvalue weighted by molar-refractivity contribution is 6.58. The summed E-state index contributed by atoms with van der Waals surface area (Å²) in [5, 5.41) is 18.3. The molecular formula is C13H13BO3. The molecule has 0 aliphatic carbocycles. The van der Waals surface area contributed by atoms with Crippen molar-refractivity contribution < 1.29 is 14.8 Å². The summed E-state index contributed by atoms with van der Waals surface area (Å²) in [5.74, 6) is 0.709. The van der Waals surface area contributed by atoms with Crippen LogP contribution in [0.2, 0.25) is 0 Å². The Hall–Kier alpha value is -1.78. The van der Waals surface area contributed by atoms with Gasteiger partial charge in [0.2, 0.25) is 0 Å². The molecule has 17 heavy (non-hydrogen) atoms. The largest absolute Gasteiger partial charge is 0.496 e. The summed E-state index contributed by atoms with van der Waals surface area (Å²) < 4.78 is 5.27. The minimum absolute atomic E-state index is 0.449. The molecule has 0 aliphatic rings. The third kappa shape index (κ3) is 2.49. The van der Waals surface area contributed by atoms with Crippen LogP contribution in [0.15, 0.2) is 48.5 Å². The maximum absolute atomic E-state index is 9.17. The van der Waals surface area contributed by atoms with Gasteiger partial charge in [-0.05, 0) is 17.1 Å². The predicted octanol–water partition coefficient (Wildman–Crippen LogP) is 1.04. The number of ether oxygens (including phenoxy) is 1. The van der Waals surface area contributed by atoms with Crippen LogP contribution in [0.3, 0.4) is 0 Å². The van der Waals surface area contributed by atoms with Crippen molar-refractivity contribution in [3.63, 3.8) is 0 Å². The first kappa shape index (κ1) is 11.7. The van der Waals surface area contributed by atoms with E-state index in [4.69, 9.17) is 4.74 Å². The van der Waals surface area contributed by atoms with Crippen molar-refractivity contribution in [3.8, 4) is 16.9 Å². The molecule has 3 nitrogen and oxygen atoms in total. The molecule has 0 amide bonds. The van der Waals surface area contributed by atoms with Crippen LogP contribution in [0.4, 0.5) is 0 Å². The van der Waals surface area contributed by atoms with E-state index < -0.39 is 7.12 Å². The molecule has 0 aliphatic heterocycles. The zero-order chi connectivity index (χ0) is 12.3. The standard InChI is InChI=1S/C13H13BO3/c1-17-13-8-7-11(14(15)16)9-12(13)10-5-3-2-4-6-10/h2-9,15-16H,1H3. The van der Waals surface area contributed by atoms with E-state index >= 15 is 0 Å². The Bertz CT molecular complexity index is 497. The second kappa shape index (κ2) is 5.04. The fourth-order valence-electron chi connectivity index (χ4n) is 1.73. The van der Waals surface area contributed by atoms with E-state index in [0.717, 1.165) is 11.1 Å². The molecule has 4 heteroatoms. The Morgan fingerprint density at radius 3 is 2.29 bits per heavy atom. The van der Waals surface area contributed by atoms with Crippen molar-refractivity contribution in [3.05, 3.63) is 48.5 Å². The molecule has 0 saturated carbocycles. The van der Waals surface area contributed by atoms with E-state index in [1.807, 2.05) is 30.3 Å². The van der Waals surface area contributed by atoms with Crippen LogP contribution in [0.5, 0.6) is 5.75 Å². The Balaban J connectivity index is 2.54. The van der Waals surface area contributed by atoms with Crippen LogP contribution in [0.1, 0.15) is 0 Å². The van der Waals surface area contributed by atoms with Gasteiger partial charge in [0, 0.05) is 5.56 Å². The number of rotatable bonds is 3. The zero-order valence-corrected chi connectivity index (χ0v) is 9.50. The number of hydrogen-bond donors (Lipinski definition) is 2. The van der Waals surface area contributed by atoms with Gasteiger partial charge in [0.25, 0.3) is 0 Å². The van der Waals surface area contributed by atoms with Crippen LogP contribution < -0.4 is 10.2 Å². The molecule has 0 radical (unpaired) electrons. The van der Waals surface area contributed by atoms with E-state index in [1.165, 1.54) is 0 Å². The first-order valence-corrected chi connectivity index (χ1v) is 5.32. The third-order valence-electron chi connectivity index (χ3n) is 2.61. The molecule has 0 heterocycles. The monoisotopic (exact) mass is 228 g/mol. The second-order valence-electron chi connectivity index (χ2n) is 3.70. The van der Waals surface area contributed by atoms with Crippen LogP contribution in [0, 0.1) is 0 Å². The lowest BCUT2D eigenvalue weighted by molar-refractivity contribution is 0.415. The summed E-state index contributed by atoms with van der Waals surface area (Å²) in [6.07, 6.45) is 0. The molecule has 0 aromatic heterocycles. The molecule has 0 spiro atoms. The van der Waals surface area contributed by atoms with E-state index in [9.17, 15) is 10.0 Å². The van der Waals surface area contributed by atoms with Crippen molar-refractivity contribution in [2.24, 2.45) is 0 Å². The quantitative estimate of drug-likeness (QED) is 0.771. The molecule has 2 N–H and O–H groups in total. The summed E-state index contributed by atoms with van der Waals surface area (Å²) in [5.41, 5.74) is 2.27. The van der Waals surface area contributed by atoms with Crippen molar-refractivity contribution in [2.45, 2.75) is 0 Å². The van der Waals surface area contributed by atoms with Gasteiger partial charge in [-0.2, -0.15) is 0 Å². The molecule has 2 rings (SSSR count). The average molecular weight is 228 g/mol. The fraction of sp³-hybridized carbons (Fsp3) is 0.0769. The topological polar surface area (TPSA) is 49.7 Å². The van der Waals surface area contributed by atoms with Gasteiger partial charge in [0.05, 0.1) is 7.11 Å². The van der Waals surface area contributed by atoms with E-state index in [2.05, 4.69) is 0 Å². The van der Waals surface area contributed by atoms with Gasteiger partial charge in [-0.3, -0.25) is 0 Å². The highest BCUT2D eigenvalue weighted by Gasteiger charge is 2.14. The minimum atomic E-state index is -1.47. The third-order valence-corrected chi connectivity index (χ3v) is 2.61. The molecule has 86 valence electrons. The van der Waals surface area contributed by atoms with Crippen LogP contribution >= 0.6 is 0 Å². The maximum atomic E-state index is 9.17.